The number of nitrogens with zero attached hydrogens (tertiary/aromatic N) is 1. The van der Waals surface area contributed by atoms with Gasteiger partial charge in [-0.1, -0.05) is 48.5 Å². The quantitative estimate of drug-likeness (QED) is 0.900. The largest absolute Gasteiger partial charge is 0.382 e. The molecule has 0 spiro atoms. The predicted octanol–water partition coefficient (Wildman–Crippen LogP) is 4.38. The van der Waals surface area contributed by atoms with E-state index >= 15 is 0 Å². The van der Waals surface area contributed by atoms with Crippen molar-refractivity contribution in [3.63, 3.8) is 0 Å². The molecule has 22 heavy (non-hydrogen) atoms. The summed E-state index contributed by atoms with van der Waals surface area (Å²) < 4.78 is 0. The fraction of sp³-hybridized carbons (Fsp3) is 0.400. The third-order valence-electron chi connectivity index (χ3n) is 4.67. The summed E-state index contributed by atoms with van der Waals surface area (Å²) in [5, 5.41) is 3.78. The van der Waals surface area contributed by atoms with Crippen LogP contribution in [0.2, 0.25) is 0 Å². The van der Waals surface area contributed by atoms with E-state index in [1.807, 2.05) is 0 Å². The van der Waals surface area contributed by atoms with E-state index in [1.165, 1.54) is 48.3 Å². The molecular formula is C20H26N2. The molecular weight excluding hydrogens is 268 g/mol. The van der Waals surface area contributed by atoms with Crippen molar-refractivity contribution in [3.8, 4) is 0 Å². The smallest absolute Gasteiger partial charge is 0.0401 e. The lowest BCUT2D eigenvalue weighted by atomic mass is 10.0. The Morgan fingerprint density at radius 3 is 2.18 bits per heavy atom. The van der Waals surface area contributed by atoms with Crippen molar-refractivity contribution in [2.24, 2.45) is 0 Å². The topological polar surface area (TPSA) is 15.3 Å². The predicted molar refractivity (Wildman–Crippen MR) is 94.3 cm³/mol. The average Bonchev–Trinajstić information content (AvgIpc) is 2.54. The molecule has 2 nitrogen and oxygen atoms in total. The van der Waals surface area contributed by atoms with Crippen LogP contribution in [0.5, 0.6) is 0 Å². The molecule has 1 saturated heterocycles. The second-order valence-electron chi connectivity index (χ2n) is 6.45. The second-order valence-corrected chi connectivity index (χ2v) is 6.45. The number of benzene rings is 2. The van der Waals surface area contributed by atoms with Crippen LogP contribution in [0.1, 0.15) is 29.5 Å². The number of nitrogens with one attached hydrogen (secondary N) is 1. The fourth-order valence-corrected chi connectivity index (χ4v) is 3.32. The molecule has 2 heteroatoms. The molecule has 2 aromatic carbocycles. The fourth-order valence-electron chi connectivity index (χ4n) is 3.32. The van der Waals surface area contributed by atoms with Gasteiger partial charge in [0.05, 0.1) is 0 Å². The molecule has 1 N–H and O–H groups in total. The first kappa shape index (κ1) is 15.1. The maximum absolute atomic E-state index is 3.78. The zero-order chi connectivity index (χ0) is 15.4. The van der Waals surface area contributed by atoms with E-state index in [0.29, 0.717) is 6.04 Å². The number of piperidine rings is 1. The van der Waals surface area contributed by atoms with Gasteiger partial charge >= 0.3 is 0 Å². The Kier molecular flexibility index (Phi) is 4.79. The summed E-state index contributed by atoms with van der Waals surface area (Å²) in [5.74, 6) is 0. The van der Waals surface area contributed by atoms with Gasteiger partial charge in [-0.15, -0.1) is 0 Å². The van der Waals surface area contributed by atoms with Crippen LogP contribution < -0.4 is 5.32 Å². The van der Waals surface area contributed by atoms with Crippen LogP contribution in [0.25, 0.3) is 0 Å². The summed E-state index contributed by atoms with van der Waals surface area (Å²) in [5.41, 5.74) is 5.46. The summed E-state index contributed by atoms with van der Waals surface area (Å²) in [6.45, 7) is 7.83. The van der Waals surface area contributed by atoms with Crippen LogP contribution in [0.3, 0.4) is 0 Å². The maximum atomic E-state index is 3.78. The van der Waals surface area contributed by atoms with Crippen LogP contribution in [0, 0.1) is 13.8 Å². The molecule has 3 rings (SSSR count). The second kappa shape index (κ2) is 6.97. The Balaban J connectivity index is 1.54. The summed E-state index contributed by atoms with van der Waals surface area (Å²) in [6, 6.07) is 17.9. The van der Waals surface area contributed by atoms with Gasteiger partial charge in [-0.3, -0.25) is 4.90 Å². The van der Waals surface area contributed by atoms with Gasteiger partial charge in [0.15, 0.2) is 0 Å². The van der Waals surface area contributed by atoms with Gasteiger partial charge in [0.25, 0.3) is 0 Å². The number of likely N-dealkylation sites (tertiary alicyclic amines) is 1. The number of para-hydroxylation sites is 1. The van der Waals surface area contributed by atoms with Gasteiger partial charge in [-0.05, 0) is 43.4 Å². The Bertz CT molecular complexity index is 578. The van der Waals surface area contributed by atoms with Crippen molar-refractivity contribution >= 4 is 5.69 Å². The lowest BCUT2D eigenvalue weighted by Gasteiger charge is -2.33. The molecule has 0 amide bonds. The monoisotopic (exact) mass is 294 g/mol. The minimum Gasteiger partial charge on any atom is -0.382 e. The Morgan fingerprint density at radius 1 is 0.909 bits per heavy atom. The SMILES string of the molecule is Cc1cccc(C)c1NC1CCN(Cc2ccccc2)CC1. The number of aryl methyl sites for hydroxylation is 2. The molecule has 0 aliphatic carbocycles. The minimum absolute atomic E-state index is 0.604. The lowest BCUT2D eigenvalue weighted by molar-refractivity contribution is 0.211. The molecule has 0 unspecified atom stereocenters. The zero-order valence-electron chi connectivity index (χ0n) is 13.7. The highest BCUT2D eigenvalue weighted by Gasteiger charge is 2.19. The molecule has 0 saturated carbocycles. The van der Waals surface area contributed by atoms with Gasteiger partial charge in [-0.25, -0.2) is 0 Å². The summed E-state index contributed by atoms with van der Waals surface area (Å²) >= 11 is 0. The number of hydrogen-bond donors (Lipinski definition) is 1. The highest BCUT2D eigenvalue weighted by molar-refractivity contribution is 5.57. The Morgan fingerprint density at radius 2 is 1.55 bits per heavy atom. The van der Waals surface area contributed by atoms with Crippen LogP contribution in [-0.4, -0.2) is 24.0 Å². The standard InChI is InChI=1S/C20H26N2/c1-16-7-6-8-17(2)20(16)21-19-11-13-22(14-12-19)15-18-9-4-3-5-10-18/h3-10,19,21H,11-15H2,1-2H3. The van der Waals surface area contributed by atoms with Gasteiger partial charge in [-0.2, -0.15) is 0 Å². The van der Waals surface area contributed by atoms with E-state index in [4.69, 9.17) is 0 Å². The number of hydrogen-bond acceptors (Lipinski definition) is 2. The normalized spacial score (nSPS) is 16.6. The summed E-state index contributed by atoms with van der Waals surface area (Å²) in [7, 11) is 0. The molecule has 2 aromatic rings. The van der Waals surface area contributed by atoms with Crippen molar-refractivity contribution in [1.82, 2.24) is 4.90 Å². The van der Waals surface area contributed by atoms with Gasteiger partial charge < -0.3 is 5.32 Å². The molecule has 0 bridgehead atoms. The first-order chi connectivity index (χ1) is 10.7. The maximum Gasteiger partial charge on any atom is 0.0401 e. The van der Waals surface area contributed by atoms with E-state index in [9.17, 15) is 0 Å². The molecule has 1 aliphatic heterocycles. The van der Waals surface area contributed by atoms with Crippen molar-refractivity contribution in [3.05, 3.63) is 65.2 Å². The summed E-state index contributed by atoms with van der Waals surface area (Å²) in [4.78, 5) is 2.57. The Hall–Kier alpha value is -1.80. The van der Waals surface area contributed by atoms with Crippen LogP contribution in [0.15, 0.2) is 48.5 Å². The third-order valence-corrected chi connectivity index (χ3v) is 4.67. The van der Waals surface area contributed by atoms with Crippen molar-refractivity contribution < 1.29 is 0 Å². The van der Waals surface area contributed by atoms with E-state index in [1.54, 1.807) is 0 Å². The van der Waals surface area contributed by atoms with E-state index in [2.05, 4.69) is 72.6 Å². The molecule has 116 valence electrons. The molecule has 1 heterocycles. The number of anilines is 1. The first-order valence-electron chi connectivity index (χ1n) is 8.31. The van der Waals surface area contributed by atoms with Gasteiger partial charge in [0.2, 0.25) is 0 Å². The zero-order valence-corrected chi connectivity index (χ0v) is 13.7. The summed E-state index contributed by atoms with van der Waals surface area (Å²) in [6.07, 6.45) is 2.45. The molecule has 1 aliphatic rings. The number of rotatable bonds is 4. The van der Waals surface area contributed by atoms with Crippen molar-refractivity contribution in [2.75, 3.05) is 18.4 Å². The van der Waals surface area contributed by atoms with Crippen molar-refractivity contribution in [1.29, 1.82) is 0 Å². The van der Waals surface area contributed by atoms with E-state index < -0.39 is 0 Å². The van der Waals surface area contributed by atoms with Crippen LogP contribution in [-0.2, 0) is 6.54 Å². The van der Waals surface area contributed by atoms with Crippen LogP contribution in [0.4, 0.5) is 5.69 Å². The molecule has 1 fully saturated rings. The van der Waals surface area contributed by atoms with Gasteiger partial charge in [0, 0.05) is 31.4 Å². The van der Waals surface area contributed by atoms with Gasteiger partial charge in [0.1, 0.15) is 0 Å². The minimum atomic E-state index is 0.604. The molecule has 0 atom stereocenters. The average molecular weight is 294 g/mol. The van der Waals surface area contributed by atoms with E-state index in [0.717, 1.165) is 6.54 Å². The highest BCUT2D eigenvalue weighted by Crippen LogP contribution is 2.23. The lowest BCUT2D eigenvalue weighted by Crippen LogP contribution is -2.38. The van der Waals surface area contributed by atoms with E-state index in [-0.39, 0.29) is 0 Å². The molecule has 0 radical (unpaired) electrons. The Labute approximate surface area is 134 Å². The highest BCUT2D eigenvalue weighted by atomic mass is 15.1. The third kappa shape index (κ3) is 3.69. The first-order valence-corrected chi connectivity index (χ1v) is 8.31. The van der Waals surface area contributed by atoms with Crippen LogP contribution >= 0.6 is 0 Å². The molecule has 0 aromatic heterocycles. The van der Waals surface area contributed by atoms with Crippen molar-refractivity contribution in [2.45, 2.75) is 39.3 Å².